The summed E-state index contributed by atoms with van der Waals surface area (Å²) in [6.45, 7) is 4.84. The molecule has 5 nitrogen and oxygen atoms in total. The van der Waals surface area contributed by atoms with Crippen LogP contribution in [0.3, 0.4) is 0 Å². The third-order valence-corrected chi connectivity index (χ3v) is 5.57. The molecule has 1 aliphatic heterocycles. The molecule has 4 rings (SSSR count). The predicted octanol–water partition coefficient (Wildman–Crippen LogP) is 4.01. The van der Waals surface area contributed by atoms with E-state index in [9.17, 15) is 4.79 Å². The van der Waals surface area contributed by atoms with Gasteiger partial charge in [-0.1, -0.05) is 53.7 Å². The second-order valence-corrected chi connectivity index (χ2v) is 7.56. The highest BCUT2D eigenvalue weighted by Crippen LogP contribution is 2.48. The molecule has 1 aliphatic carbocycles. The van der Waals surface area contributed by atoms with Gasteiger partial charge < -0.3 is 14.5 Å². The van der Waals surface area contributed by atoms with Crippen LogP contribution >= 0.6 is 0 Å². The minimum absolute atomic E-state index is 0.0494. The number of para-hydroxylation sites is 1. The average Bonchev–Trinajstić information content (AvgIpc) is 3.44. The van der Waals surface area contributed by atoms with Gasteiger partial charge in [-0.05, 0) is 30.0 Å². The SMILES string of the molecule is C=CCN(C[C@H]1CC(c2ccccc2OC)=NO1)C(=O)[C@@H]1C[C@H]1c1ccccc1. The van der Waals surface area contributed by atoms with Gasteiger partial charge in [0, 0.05) is 24.4 Å². The lowest BCUT2D eigenvalue weighted by molar-refractivity contribution is -0.133. The number of ether oxygens (including phenoxy) is 1. The van der Waals surface area contributed by atoms with Crippen LogP contribution in [0.25, 0.3) is 0 Å². The fraction of sp³-hybridized carbons (Fsp3) is 0.333. The quantitative estimate of drug-likeness (QED) is 0.640. The first-order chi connectivity index (χ1) is 14.2. The van der Waals surface area contributed by atoms with Crippen molar-refractivity contribution in [3.05, 3.63) is 78.4 Å². The number of amides is 1. The number of hydrogen-bond donors (Lipinski definition) is 0. The van der Waals surface area contributed by atoms with Gasteiger partial charge in [-0.2, -0.15) is 0 Å². The van der Waals surface area contributed by atoms with Crippen LogP contribution in [0, 0.1) is 5.92 Å². The van der Waals surface area contributed by atoms with Crippen LogP contribution in [0.4, 0.5) is 0 Å². The van der Waals surface area contributed by atoms with Gasteiger partial charge in [-0.15, -0.1) is 6.58 Å². The molecule has 2 aliphatic rings. The second kappa shape index (κ2) is 8.52. The zero-order chi connectivity index (χ0) is 20.2. The number of methoxy groups -OCH3 is 1. The Morgan fingerprint density at radius 2 is 2.00 bits per heavy atom. The van der Waals surface area contributed by atoms with E-state index in [1.54, 1.807) is 13.2 Å². The zero-order valence-electron chi connectivity index (χ0n) is 16.7. The Bertz CT molecular complexity index is 909. The molecule has 1 saturated carbocycles. The van der Waals surface area contributed by atoms with Crippen molar-refractivity contribution >= 4 is 11.6 Å². The average molecular weight is 390 g/mol. The first kappa shape index (κ1) is 19.2. The molecule has 29 heavy (non-hydrogen) atoms. The van der Waals surface area contributed by atoms with Gasteiger partial charge in [-0.25, -0.2) is 0 Å². The van der Waals surface area contributed by atoms with Crippen LogP contribution in [0.15, 0.2) is 72.4 Å². The summed E-state index contributed by atoms with van der Waals surface area (Å²) in [6.07, 6.45) is 3.17. The smallest absolute Gasteiger partial charge is 0.226 e. The Morgan fingerprint density at radius 3 is 2.76 bits per heavy atom. The molecule has 3 atom stereocenters. The van der Waals surface area contributed by atoms with Crippen molar-refractivity contribution in [2.75, 3.05) is 20.2 Å². The van der Waals surface area contributed by atoms with Crippen molar-refractivity contribution in [2.24, 2.45) is 11.1 Å². The van der Waals surface area contributed by atoms with E-state index in [2.05, 4.69) is 23.9 Å². The van der Waals surface area contributed by atoms with Crippen LogP contribution in [0.1, 0.15) is 29.9 Å². The van der Waals surface area contributed by atoms with Crippen molar-refractivity contribution < 1.29 is 14.4 Å². The molecular weight excluding hydrogens is 364 g/mol. The Hall–Kier alpha value is -3.08. The van der Waals surface area contributed by atoms with Gasteiger partial charge in [0.05, 0.1) is 19.4 Å². The molecule has 0 aromatic heterocycles. The number of hydrogen-bond acceptors (Lipinski definition) is 4. The molecule has 1 amide bonds. The van der Waals surface area contributed by atoms with Crippen molar-refractivity contribution in [2.45, 2.75) is 24.9 Å². The van der Waals surface area contributed by atoms with Gasteiger partial charge in [0.2, 0.25) is 5.91 Å². The fourth-order valence-electron chi connectivity index (χ4n) is 4.00. The monoisotopic (exact) mass is 390 g/mol. The summed E-state index contributed by atoms with van der Waals surface area (Å²) in [5.74, 6) is 1.32. The summed E-state index contributed by atoms with van der Waals surface area (Å²) >= 11 is 0. The molecular formula is C24H26N2O3. The highest BCUT2D eigenvalue weighted by Gasteiger charge is 2.46. The number of rotatable bonds is 8. The van der Waals surface area contributed by atoms with E-state index in [-0.39, 0.29) is 17.9 Å². The van der Waals surface area contributed by atoms with Crippen LogP contribution in [-0.4, -0.2) is 42.8 Å². The topological polar surface area (TPSA) is 51.1 Å². The normalized spacial score (nSPS) is 22.4. The van der Waals surface area contributed by atoms with Gasteiger partial charge in [0.15, 0.2) is 6.10 Å². The minimum Gasteiger partial charge on any atom is -0.496 e. The van der Waals surface area contributed by atoms with Crippen LogP contribution < -0.4 is 4.74 Å². The minimum atomic E-state index is -0.160. The highest BCUT2D eigenvalue weighted by atomic mass is 16.6. The lowest BCUT2D eigenvalue weighted by Crippen LogP contribution is -2.39. The molecule has 0 bridgehead atoms. The number of oxime groups is 1. The standard InChI is InChI=1S/C24H26N2O3/c1-3-13-26(24(27)21-15-20(21)17-9-5-4-6-10-17)16-18-14-22(25-29-18)19-11-7-8-12-23(19)28-2/h3-12,18,20-21H,1,13-16H2,2H3/t18-,20+,21-/m1/s1. The summed E-state index contributed by atoms with van der Waals surface area (Å²) in [4.78, 5) is 20.6. The van der Waals surface area contributed by atoms with Crippen LogP contribution in [0.2, 0.25) is 0 Å². The maximum Gasteiger partial charge on any atom is 0.226 e. The Kier molecular flexibility index (Phi) is 5.65. The van der Waals surface area contributed by atoms with E-state index in [4.69, 9.17) is 9.57 Å². The highest BCUT2D eigenvalue weighted by molar-refractivity contribution is 6.03. The number of nitrogens with zero attached hydrogens (tertiary/aromatic N) is 2. The largest absolute Gasteiger partial charge is 0.496 e. The maximum atomic E-state index is 13.1. The molecule has 1 fully saturated rings. The van der Waals surface area contributed by atoms with Crippen LogP contribution in [0.5, 0.6) is 5.75 Å². The molecule has 0 N–H and O–H groups in total. The summed E-state index contributed by atoms with van der Waals surface area (Å²) in [6, 6.07) is 18.0. The molecule has 2 aromatic carbocycles. The third-order valence-electron chi connectivity index (χ3n) is 5.57. The van der Waals surface area contributed by atoms with E-state index in [0.29, 0.717) is 25.4 Å². The number of benzene rings is 2. The third kappa shape index (κ3) is 4.19. The lowest BCUT2D eigenvalue weighted by Gasteiger charge is -2.23. The molecule has 1 heterocycles. The van der Waals surface area contributed by atoms with Crippen molar-refractivity contribution in [1.29, 1.82) is 0 Å². The first-order valence-electron chi connectivity index (χ1n) is 10.0. The molecule has 0 radical (unpaired) electrons. The molecule has 0 unspecified atom stereocenters. The van der Waals surface area contributed by atoms with E-state index in [1.165, 1.54) is 5.56 Å². The summed E-state index contributed by atoms with van der Waals surface area (Å²) < 4.78 is 5.43. The van der Waals surface area contributed by atoms with Gasteiger partial charge in [0.1, 0.15) is 5.75 Å². The molecule has 2 aromatic rings. The molecule has 5 heteroatoms. The Morgan fingerprint density at radius 1 is 1.24 bits per heavy atom. The van der Waals surface area contributed by atoms with Gasteiger partial charge in [-0.3, -0.25) is 4.79 Å². The predicted molar refractivity (Wildman–Crippen MR) is 113 cm³/mol. The van der Waals surface area contributed by atoms with Crippen molar-refractivity contribution in [3.63, 3.8) is 0 Å². The van der Waals surface area contributed by atoms with Gasteiger partial charge in [0.25, 0.3) is 0 Å². The van der Waals surface area contributed by atoms with E-state index < -0.39 is 0 Å². The van der Waals surface area contributed by atoms with Crippen molar-refractivity contribution in [3.8, 4) is 5.75 Å². The van der Waals surface area contributed by atoms with E-state index in [1.807, 2.05) is 47.4 Å². The number of carbonyl (C=O) groups excluding carboxylic acids is 1. The second-order valence-electron chi connectivity index (χ2n) is 7.56. The first-order valence-corrected chi connectivity index (χ1v) is 10.0. The summed E-state index contributed by atoms with van der Waals surface area (Å²) in [5, 5.41) is 4.26. The number of carbonyl (C=O) groups is 1. The Labute approximate surface area is 171 Å². The van der Waals surface area contributed by atoms with Crippen LogP contribution in [-0.2, 0) is 9.63 Å². The van der Waals surface area contributed by atoms with E-state index in [0.717, 1.165) is 23.4 Å². The molecule has 150 valence electrons. The van der Waals surface area contributed by atoms with Gasteiger partial charge >= 0.3 is 0 Å². The molecule has 0 spiro atoms. The van der Waals surface area contributed by atoms with E-state index >= 15 is 0 Å². The zero-order valence-corrected chi connectivity index (χ0v) is 16.7. The fourth-order valence-corrected chi connectivity index (χ4v) is 4.00. The molecule has 0 saturated heterocycles. The lowest BCUT2D eigenvalue weighted by atomic mass is 10.0. The van der Waals surface area contributed by atoms with Crippen molar-refractivity contribution in [1.82, 2.24) is 4.90 Å². The Balaban J connectivity index is 1.38. The maximum absolute atomic E-state index is 13.1. The summed E-state index contributed by atoms with van der Waals surface area (Å²) in [7, 11) is 1.65. The summed E-state index contributed by atoms with van der Waals surface area (Å²) in [5.41, 5.74) is 3.03.